The Balaban J connectivity index is 1.88. The Morgan fingerprint density at radius 2 is 1.76 bits per heavy atom. The summed E-state index contributed by atoms with van der Waals surface area (Å²) in [5.74, 6) is -1.85. The Morgan fingerprint density at radius 3 is 2.40 bits per heavy atom. The number of hydrogen-bond donors (Lipinski definition) is 0. The quantitative estimate of drug-likeness (QED) is 0.549. The minimum Gasteiger partial charge on any atom is -0.460 e. The summed E-state index contributed by atoms with van der Waals surface area (Å²) in [6.45, 7) is 1.87. The lowest BCUT2D eigenvalue weighted by molar-refractivity contribution is -0.156. The zero-order valence-electron chi connectivity index (χ0n) is 13.9. The number of ketones is 1. The van der Waals surface area contributed by atoms with E-state index < -0.39 is 23.8 Å². The van der Waals surface area contributed by atoms with Crippen LogP contribution in [0.1, 0.15) is 36.7 Å². The van der Waals surface area contributed by atoms with Crippen LogP contribution in [0.2, 0.25) is 0 Å². The van der Waals surface area contributed by atoms with Crippen molar-refractivity contribution in [3.05, 3.63) is 70.2 Å². The number of ether oxygens (including phenoxy) is 2. The SMILES string of the molecule is CCOC(=O)C(=O)[C@@H]1C[C@H](c2ccc(Br)cc2)O[C@@H]1c1ccccc1. The molecule has 0 aliphatic carbocycles. The number of benzene rings is 2. The predicted octanol–water partition coefficient (Wildman–Crippen LogP) is 4.40. The molecule has 0 amide bonds. The highest BCUT2D eigenvalue weighted by atomic mass is 79.9. The number of carbonyl (C=O) groups is 2. The third-order valence-corrected chi connectivity index (χ3v) is 4.86. The Morgan fingerprint density at radius 1 is 1.08 bits per heavy atom. The molecule has 2 aromatic carbocycles. The minimum absolute atomic E-state index is 0.185. The molecule has 1 heterocycles. The summed E-state index contributed by atoms with van der Waals surface area (Å²) in [5, 5.41) is 0. The first-order chi connectivity index (χ1) is 12.1. The number of hydrogen-bond acceptors (Lipinski definition) is 4. The van der Waals surface area contributed by atoms with E-state index in [4.69, 9.17) is 9.47 Å². The van der Waals surface area contributed by atoms with Crippen LogP contribution < -0.4 is 0 Å². The molecule has 1 fully saturated rings. The van der Waals surface area contributed by atoms with Crippen LogP contribution in [0.25, 0.3) is 0 Å². The van der Waals surface area contributed by atoms with E-state index in [1.54, 1.807) is 6.92 Å². The van der Waals surface area contributed by atoms with Crippen LogP contribution in [0.3, 0.4) is 0 Å². The van der Waals surface area contributed by atoms with E-state index in [-0.39, 0.29) is 12.7 Å². The second kappa shape index (κ2) is 7.93. The molecule has 0 spiro atoms. The van der Waals surface area contributed by atoms with Gasteiger partial charge in [-0.25, -0.2) is 4.79 Å². The van der Waals surface area contributed by atoms with Gasteiger partial charge in [0.15, 0.2) is 0 Å². The Hall–Kier alpha value is -1.98. The molecule has 5 heteroatoms. The molecule has 2 aromatic rings. The van der Waals surface area contributed by atoms with E-state index in [0.29, 0.717) is 6.42 Å². The van der Waals surface area contributed by atoms with Crippen LogP contribution in [0.4, 0.5) is 0 Å². The van der Waals surface area contributed by atoms with Crippen molar-refractivity contribution in [2.24, 2.45) is 5.92 Å². The van der Waals surface area contributed by atoms with Gasteiger partial charge in [-0.3, -0.25) is 4.79 Å². The van der Waals surface area contributed by atoms with E-state index >= 15 is 0 Å². The molecule has 3 atom stereocenters. The Labute approximate surface area is 155 Å². The fourth-order valence-electron chi connectivity index (χ4n) is 3.13. The topological polar surface area (TPSA) is 52.6 Å². The van der Waals surface area contributed by atoms with Gasteiger partial charge >= 0.3 is 5.97 Å². The molecule has 0 aromatic heterocycles. The molecule has 1 aliphatic heterocycles. The zero-order valence-corrected chi connectivity index (χ0v) is 15.4. The second-order valence-corrected chi connectivity index (χ2v) is 6.85. The summed E-state index contributed by atoms with van der Waals surface area (Å²) in [6, 6.07) is 17.4. The summed E-state index contributed by atoms with van der Waals surface area (Å²) in [7, 11) is 0. The lowest BCUT2D eigenvalue weighted by atomic mass is 9.89. The van der Waals surface area contributed by atoms with Gasteiger partial charge < -0.3 is 9.47 Å². The van der Waals surface area contributed by atoms with Crippen molar-refractivity contribution < 1.29 is 19.1 Å². The van der Waals surface area contributed by atoms with Crippen LogP contribution in [0.15, 0.2) is 59.1 Å². The standard InChI is InChI=1S/C20H19BrO4/c1-2-24-20(23)18(22)16-12-17(13-8-10-15(21)11-9-13)25-19(16)14-6-4-3-5-7-14/h3-11,16-17,19H,2,12H2,1H3/t16-,17+,19+/m0/s1. The third-order valence-electron chi connectivity index (χ3n) is 4.33. The van der Waals surface area contributed by atoms with Crippen molar-refractivity contribution in [3.63, 3.8) is 0 Å². The van der Waals surface area contributed by atoms with Gasteiger partial charge in [0.2, 0.25) is 5.78 Å². The van der Waals surface area contributed by atoms with Gasteiger partial charge in [-0.1, -0.05) is 58.4 Å². The van der Waals surface area contributed by atoms with Gasteiger partial charge in [-0.05, 0) is 36.6 Å². The average Bonchev–Trinajstić information content (AvgIpc) is 3.08. The fraction of sp³-hybridized carbons (Fsp3) is 0.300. The number of carbonyl (C=O) groups excluding carboxylic acids is 2. The van der Waals surface area contributed by atoms with Gasteiger partial charge in [0, 0.05) is 4.47 Å². The summed E-state index contributed by atoms with van der Waals surface area (Å²) in [4.78, 5) is 24.5. The zero-order chi connectivity index (χ0) is 17.8. The highest BCUT2D eigenvalue weighted by Crippen LogP contribution is 2.45. The molecule has 130 valence electrons. The molecule has 0 bridgehead atoms. The molecule has 0 radical (unpaired) electrons. The van der Waals surface area contributed by atoms with Crippen molar-refractivity contribution >= 4 is 27.7 Å². The summed E-state index contributed by atoms with van der Waals surface area (Å²) in [5.41, 5.74) is 1.88. The van der Waals surface area contributed by atoms with Gasteiger partial charge in [0.05, 0.1) is 24.7 Å². The lowest BCUT2D eigenvalue weighted by Gasteiger charge is -2.17. The van der Waals surface area contributed by atoms with Gasteiger partial charge in [-0.2, -0.15) is 0 Å². The van der Waals surface area contributed by atoms with Crippen LogP contribution in [-0.4, -0.2) is 18.4 Å². The molecule has 0 saturated carbocycles. The Kier molecular flexibility index (Phi) is 5.66. The van der Waals surface area contributed by atoms with E-state index in [2.05, 4.69) is 15.9 Å². The molecule has 3 rings (SSSR count). The maximum absolute atomic E-state index is 12.6. The number of rotatable bonds is 5. The maximum Gasteiger partial charge on any atom is 0.375 e. The lowest BCUT2D eigenvalue weighted by Crippen LogP contribution is -2.28. The van der Waals surface area contributed by atoms with E-state index in [1.165, 1.54) is 0 Å². The van der Waals surface area contributed by atoms with Gasteiger partial charge in [0.25, 0.3) is 0 Å². The highest BCUT2D eigenvalue weighted by Gasteiger charge is 2.43. The van der Waals surface area contributed by atoms with Gasteiger partial charge in [-0.15, -0.1) is 0 Å². The number of esters is 1. The molecular weight excluding hydrogens is 384 g/mol. The summed E-state index contributed by atoms with van der Waals surface area (Å²) >= 11 is 3.42. The highest BCUT2D eigenvalue weighted by molar-refractivity contribution is 9.10. The second-order valence-electron chi connectivity index (χ2n) is 5.93. The van der Waals surface area contributed by atoms with Crippen molar-refractivity contribution in [3.8, 4) is 0 Å². The summed E-state index contributed by atoms with van der Waals surface area (Å²) < 4.78 is 12.1. The van der Waals surface area contributed by atoms with Crippen molar-refractivity contribution in [1.82, 2.24) is 0 Å². The van der Waals surface area contributed by atoms with E-state index in [9.17, 15) is 9.59 Å². The first kappa shape index (κ1) is 17.8. The summed E-state index contributed by atoms with van der Waals surface area (Å²) in [6.07, 6.45) is -0.229. The largest absolute Gasteiger partial charge is 0.460 e. The fourth-order valence-corrected chi connectivity index (χ4v) is 3.39. The van der Waals surface area contributed by atoms with Crippen LogP contribution in [0.5, 0.6) is 0 Å². The molecule has 0 unspecified atom stereocenters. The van der Waals surface area contributed by atoms with Crippen LogP contribution >= 0.6 is 15.9 Å². The normalized spacial score (nSPS) is 22.6. The van der Waals surface area contributed by atoms with Gasteiger partial charge in [0.1, 0.15) is 0 Å². The first-order valence-electron chi connectivity index (χ1n) is 8.27. The third kappa shape index (κ3) is 3.99. The molecule has 0 N–H and O–H groups in total. The van der Waals surface area contributed by atoms with Crippen molar-refractivity contribution in [1.29, 1.82) is 0 Å². The number of halogens is 1. The smallest absolute Gasteiger partial charge is 0.375 e. The average molecular weight is 403 g/mol. The predicted molar refractivity (Wildman–Crippen MR) is 96.9 cm³/mol. The van der Waals surface area contributed by atoms with Crippen LogP contribution in [-0.2, 0) is 19.1 Å². The molecular formula is C20H19BrO4. The van der Waals surface area contributed by atoms with Crippen LogP contribution in [0, 0.1) is 5.92 Å². The number of Topliss-reactive ketones (excluding diaryl/α,β-unsaturated/α-hetero) is 1. The van der Waals surface area contributed by atoms with Crippen molar-refractivity contribution in [2.45, 2.75) is 25.6 Å². The molecule has 1 saturated heterocycles. The molecule has 4 nitrogen and oxygen atoms in total. The molecule has 1 aliphatic rings. The first-order valence-corrected chi connectivity index (χ1v) is 9.06. The van der Waals surface area contributed by atoms with Crippen molar-refractivity contribution in [2.75, 3.05) is 6.61 Å². The molecule has 25 heavy (non-hydrogen) atoms. The van der Waals surface area contributed by atoms with E-state index in [0.717, 1.165) is 15.6 Å². The monoisotopic (exact) mass is 402 g/mol. The Bertz CT molecular complexity index is 742. The minimum atomic E-state index is -0.784. The van der Waals surface area contributed by atoms with E-state index in [1.807, 2.05) is 54.6 Å². The maximum atomic E-state index is 12.6.